The van der Waals surface area contributed by atoms with Crippen molar-refractivity contribution in [2.45, 2.75) is 76.8 Å². The Kier molecular flexibility index (Phi) is 9.12. The molecule has 2 unspecified atom stereocenters. The highest BCUT2D eigenvalue weighted by atomic mass is 32.2. The zero-order valence-corrected chi connectivity index (χ0v) is 22.2. The summed E-state index contributed by atoms with van der Waals surface area (Å²) in [5.74, 6) is 1.58. The van der Waals surface area contributed by atoms with Gasteiger partial charge in [0.1, 0.15) is 5.82 Å². The Morgan fingerprint density at radius 1 is 1.32 bits per heavy atom. The van der Waals surface area contributed by atoms with Crippen molar-refractivity contribution >= 4 is 27.0 Å². The van der Waals surface area contributed by atoms with Crippen molar-refractivity contribution in [1.82, 2.24) is 24.1 Å². The number of hydrogen-bond acceptors (Lipinski definition) is 5. The third kappa shape index (κ3) is 6.58. The molecule has 1 aliphatic rings. The van der Waals surface area contributed by atoms with Crippen LogP contribution in [0.1, 0.15) is 58.7 Å². The number of unbranched alkanes of at least 4 members (excludes halogenated alkanes) is 1. The molecule has 8 nitrogen and oxygen atoms in total. The SMILES string of the molecule is CCCCn1c(CCC(=O)NC(C)CN2CCCC(C)C2)nc2cc(S(=O)(=O)N(C)C)ccc21. The van der Waals surface area contributed by atoms with Crippen LogP contribution < -0.4 is 5.32 Å². The summed E-state index contributed by atoms with van der Waals surface area (Å²) in [4.78, 5) is 20.1. The zero-order chi connectivity index (χ0) is 24.9. The van der Waals surface area contributed by atoms with Crippen LogP contribution in [0.5, 0.6) is 0 Å². The second-order valence-corrected chi connectivity index (χ2v) is 12.1. The highest BCUT2D eigenvalue weighted by molar-refractivity contribution is 7.89. The van der Waals surface area contributed by atoms with Gasteiger partial charge in [-0.05, 0) is 56.8 Å². The van der Waals surface area contributed by atoms with Crippen molar-refractivity contribution in [1.29, 1.82) is 0 Å². The Balaban J connectivity index is 1.69. The average Bonchev–Trinajstić information content (AvgIpc) is 3.12. The van der Waals surface area contributed by atoms with Crippen LogP contribution in [0, 0.1) is 5.92 Å². The standard InChI is InChI=1S/C25H41N5O3S/c1-6-7-15-30-23-11-10-21(34(32,33)28(4)5)16-22(23)27-24(30)12-13-25(31)26-20(3)18-29-14-8-9-19(2)17-29/h10-11,16,19-20H,6-9,12-15,17-18H2,1-5H3,(H,26,31). The van der Waals surface area contributed by atoms with E-state index in [0.29, 0.717) is 18.4 Å². The lowest BCUT2D eigenvalue weighted by Gasteiger charge is -2.32. The first-order chi connectivity index (χ1) is 16.1. The van der Waals surface area contributed by atoms with Gasteiger partial charge >= 0.3 is 0 Å². The van der Waals surface area contributed by atoms with E-state index in [0.717, 1.165) is 56.3 Å². The number of piperidine rings is 1. The zero-order valence-electron chi connectivity index (χ0n) is 21.4. The lowest BCUT2D eigenvalue weighted by Crippen LogP contribution is -2.45. The van der Waals surface area contributed by atoms with E-state index < -0.39 is 10.0 Å². The van der Waals surface area contributed by atoms with Crippen molar-refractivity contribution < 1.29 is 13.2 Å². The minimum atomic E-state index is -3.53. The predicted molar refractivity (Wildman–Crippen MR) is 136 cm³/mol. The molecule has 1 fully saturated rings. The van der Waals surface area contributed by atoms with Crippen LogP contribution in [0.2, 0.25) is 0 Å². The Morgan fingerprint density at radius 2 is 2.09 bits per heavy atom. The molecule has 190 valence electrons. The fraction of sp³-hybridized carbons (Fsp3) is 0.680. The Hall–Kier alpha value is -1.97. The smallest absolute Gasteiger partial charge is 0.242 e. The molecule has 1 saturated heterocycles. The number of aryl methyl sites for hydroxylation is 2. The molecule has 0 radical (unpaired) electrons. The van der Waals surface area contributed by atoms with Crippen molar-refractivity contribution in [2.24, 2.45) is 5.92 Å². The molecular weight excluding hydrogens is 450 g/mol. The van der Waals surface area contributed by atoms with E-state index in [1.165, 1.54) is 31.2 Å². The van der Waals surface area contributed by atoms with Crippen molar-refractivity contribution in [3.8, 4) is 0 Å². The summed E-state index contributed by atoms with van der Waals surface area (Å²) in [6, 6.07) is 5.22. The number of nitrogens with zero attached hydrogens (tertiary/aromatic N) is 4. The van der Waals surface area contributed by atoms with Gasteiger partial charge in [0, 0.05) is 52.6 Å². The van der Waals surface area contributed by atoms with Crippen molar-refractivity contribution in [2.75, 3.05) is 33.7 Å². The van der Waals surface area contributed by atoms with E-state index >= 15 is 0 Å². The largest absolute Gasteiger partial charge is 0.352 e. The van der Waals surface area contributed by atoms with Gasteiger partial charge in [0.15, 0.2) is 0 Å². The lowest BCUT2D eigenvalue weighted by molar-refractivity contribution is -0.121. The molecule has 9 heteroatoms. The van der Waals surface area contributed by atoms with Crippen LogP contribution in [0.25, 0.3) is 11.0 Å². The number of benzene rings is 1. The van der Waals surface area contributed by atoms with Gasteiger partial charge in [-0.15, -0.1) is 0 Å². The Labute approximate surface area is 204 Å². The average molecular weight is 492 g/mol. The quantitative estimate of drug-likeness (QED) is 0.521. The number of nitrogens with one attached hydrogen (secondary N) is 1. The topological polar surface area (TPSA) is 87.5 Å². The normalized spacial score (nSPS) is 18.5. The molecule has 0 aliphatic carbocycles. The molecule has 1 aliphatic heterocycles. The van der Waals surface area contributed by atoms with Gasteiger partial charge in [-0.3, -0.25) is 4.79 Å². The number of imidazole rings is 1. The third-order valence-corrected chi connectivity index (χ3v) is 8.38. The molecule has 3 rings (SSSR count). The van der Waals surface area contributed by atoms with Gasteiger partial charge in [0.2, 0.25) is 15.9 Å². The highest BCUT2D eigenvalue weighted by Gasteiger charge is 2.21. The molecule has 1 aromatic heterocycles. The second-order valence-electron chi connectivity index (χ2n) is 9.95. The van der Waals surface area contributed by atoms with Gasteiger partial charge in [-0.25, -0.2) is 17.7 Å². The van der Waals surface area contributed by atoms with Crippen LogP contribution in [-0.2, 0) is 27.8 Å². The maximum Gasteiger partial charge on any atom is 0.242 e. The number of amides is 1. The maximum absolute atomic E-state index is 12.7. The van der Waals surface area contributed by atoms with Crippen molar-refractivity contribution in [3.05, 3.63) is 24.0 Å². The highest BCUT2D eigenvalue weighted by Crippen LogP contribution is 2.23. The summed E-state index contributed by atoms with van der Waals surface area (Å²) in [7, 11) is -0.480. The molecule has 1 N–H and O–H groups in total. The van der Waals surface area contributed by atoms with Gasteiger partial charge < -0.3 is 14.8 Å². The minimum Gasteiger partial charge on any atom is -0.352 e. The first-order valence-corrected chi connectivity index (χ1v) is 14.0. The van der Waals surface area contributed by atoms with Crippen molar-refractivity contribution in [3.63, 3.8) is 0 Å². The number of hydrogen-bond donors (Lipinski definition) is 1. The number of carbonyl (C=O) groups excluding carboxylic acids is 1. The van der Waals surface area contributed by atoms with Gasteiger partial charge in [0.05, 0.1) is 15.9 Å². The minimum absolute atomic E-state index is 0.0301. The molecule has 34 heavy (non-hydrogen) atoms. The second kappa shape index (κ2) is 11.6. The summed E-state index contributed by atoms with van der Waals surface area (Å²) in [5.41, 5.74) is 1.57. The molecule has 2 atom stereocenters. The number of carbonyl (C=O) groups is 1. The van der Waals surface area contributed by atoms with E-state index in [-0.39, 0.29) is 16.8 Å². The van der Waals surface area contributed by atoms with Gasteiger partial charge in [-0.1, -0.05) is 20.3 Å². The summed E-state index contributed by atoms with van der Waals surface area (Å²) < 4.78 is 28.4. The predicted octanol–water partition coefficient (Wildman–Crippen LogP) is 3.26. The molecule has 2 aromatic rings. The number of fused-ring (bicyclic) bond motifs is 1. The van der Waals surface area contributed by atoms with Crippen LogP contribution in [0.4, 0.5) is 0 Å². The fourth-order valence-corrected chi connectivity index (χ4v) is 5.67. The Bertz CT molecular complexity index is 1080. The summed E-state index contributed by atoms with van der Waals surface area (Å²) in [6.45, 7) is 10.4. The number of aromatic nitrogens is 2. The van der Waals surface area contributed by atoms with E-state index in [9.17, 15) is 13.2 Å². The third-order valence-electron chi connectivity index (χ3n) is 6.57. The first kappa shape index (κ1) is 26.6. The van der Waals surface area contributed by atoms with E-state index in [4.69, 9.17) is 4.98 Å². The summed E-state index contributed by atoms with van der Waals surface area (Å²) >= 11 is 0. The maximum atomic E-state index is 12.7. The molecule has 1 amide bonds. The molecular formula is C25H41N5O3S. The number of likely N-dealkylation sites (tertiary alicyclic amines) is 1. The van der Waals surface area contributed by atoms with E-state index in [2.05, 4.69) is 35.6 Å². The molecule has 0 saturated carbocycles. The number of sulfonamides is 1. The van der Waals surface area contributed by atoms with Crippen LogP contribution in [-0.4, -0.2) is 72.9 Å². The van der Waals surface area contributed by atoms with E-state index in [1.807, 2.05) is 6.07 Å². The van der Waals surface area contributed by atoms with Gasteiger partial charge in [-0.2, -0.15) is 0 Å². The Morgan fingerprint density at radius 3 is 2.76 bits per heavy atom. The monoisotopic (exact) mass is 491 g/mol. The lowest BCUT2D eigenvalue weighted by atomic mass is 10.00. The number of rotatable bonds is 11. The first-order valence-electron chi connectivity index (χ1n) is 12.5. The molecule has 0 spiro atoms. The molecule has 2 heterocycles. The molecule has 1 aromatic carbocycles. The van der Waals surface area contributed by atoms with E-state index in [1.54, 1.807) is 12.1 Å². The summed E-state index contributed by atoms with van der Waals surface area (Å²) in [5, 5.41) is 3.15. The van der Waals surface area contributed by atoms with Crippen LogP contribution in [0.3, 0.4) is 0 Å². The van der Waals surface area contributed by atoms with Crippen LogP contribution >= 0.6 is 0 Å². The van der Waals surface area contributed by atoms with Crippen LogP contribution in [0.15, 0.2) is 23.1 Å². The fourth-order valence-electron chi connectivity index (χ4n) is 4.75. The molecule has 0 bridgehead atoms. The van der Waals surface area contributed by atoms with Gasteiger partial charge in [0.25, 0.3) is 0 Å². The summed E-state index contributed by atoms with van der Waals surface area (Å²) in [6.07, 6.45) is 5.44.